The molecule has 1 heterocycles. The molecule has 1 atom stereocenters. The molecule has 0 aliphatic heterocycles. The molecule has 0 saturated heterocycles. The van der Waals surface area contributed by atoms with Gasteiger partial charge in [-0.3, -0.25) is 4.79 Å². The Balaban J connectivity index is 0.00000144. The molecule has 0 bridgehead atoms. The molecule has 0 amide bonds. The van der Waals surface area contributed by atoms with Crippen LogP contribution in [0.4, 0.5) is 0 Å². The number of carbonyl (C=O) groups is 1. The molecular weight excluding hydrogens is 174 g/mol. The van der Waals surface area contributed by atoms with Crippen molar-refractivity contribution in [1.29, 1.82) is 0 Å². The Morgan fingerprint density at radius 1 is 1.85 bits per heavy atom. The second-order valence-corrected chi connectivity index (χ2v) is 2.68. The molecule has 13 heavy (non-hydrogen) atoms. The zero-order chi connectivity index (χ0) is 9.14. The van der Waals surface area contributed by atoms with Gasteiger partial charge >= 0.3 is 5.97 Å². The summed E-state index contributed by atoms with van der Waals surface area (Å²) in [6.45, 7) is 0. The van der Waals surface area contributed by atoms with Gasteiger partial charge in [-0.05, 0) is 0 Å². The first-order valence-corrected chi connectivity index (χ1v) is 3.55. The topological polar surface area (TPSA) is 113 Å². The highest BCUT2D eigenvalue weighted by Gasteiger charge is 2.12. The van der Waals surface area contributed by atoms with E-state index in [9.17, 15) is 4.79 Å². The molecule has 6 heteroatoms. The van der Waals surface area contributed by atoms with Gasteiger partial charge in [-0.2, -0.15) is 0 Å². The fourth-order valence-corrected chi connectivity index (χ4v) is 0.885. The van der Waals surface area contributed by atoms with Crippen molar-refractivity contribution in [3.63, 3.8) is 0 Å². The molecule has 0 aliphatic rings. The smallest absolute Gasteiger partial charge is 0.320 e. The number of rotatable bonds is 3. The maximum atomic E-state index is 10.4. The minimum Gasteiger partial charge on any atom is -0.480 e. The molecule has 0 radical (unpaired) electrons. The monoisotopic (exact) mass is 187 g/mol. The second kappa shape index (κ2) is 4.58. The number of aromatic nitrogens is 2. The van der Waals surface area contributed by atoms with Crippen molar-refractivity contribution >= 4 is 5.97 Å². The third-order valence-electron chi connectivity index (χ3n) is 1.50. The Labute approximate surface area is 75.3 Å². The van der Waals surface area contributed by atoms with Gasteiger partial charge < -0.3 is 20.9 Å². The van der Waals surface area contributed by atoms with E-state index in [2.05, 4.69) is 4.98 Å². The number of hydrogen-bond acceptors (Lipinski definition) is 3. The largest absolute Gasteiger partial charge is 0.480 e. The van der Waals surface area contributed by atoms with Crippen molar-refractivity contribution in [2.75, 3.05) is 0 Å². The Kier molecular flexibility index (Phi) is 4.09. The molecule has 1 unspecified atom stereocenters. The summed E-state index contributed by atoms with van der Waals surface area (Å²) in [4.78, 5) is 14.3. The Hall–Kier alpha value is -1.40. The van der Waals surface area contributed by atoms with Crippen molar-refractivity contribution < 1.29 is 15.4 Å². The van der Waals surface area contributed by atoms with Gasteiger partial charge in [0.15, 0.2) is 0 Å². The number of carboxylic acid groups (broad SMARTS) is 1. The van der Waals surface area contributed by atoms with E-state index in [1.165, 1.54) is 0 Å². The molecule has 0 aromatic carbocycles. The summed E-state index contributed by atoms with van der Waals surface area (Å²) < 4.78 is 1.75. The molecule has 5 N–H and O–H groups in total. The normalized spacial score (nSPS) is 11.8. The summed E-state index contributed by atoms with van der Waals surface area (Å²) in [6, 6.07) is -0.861. The van der Waals surface area contributed by atoms with E-state index in [-0.39, 0.29) is 11.9 Å². The average molecular weight is 187 g/mol. The first-order valence-electron chi connectivity index (χ1n) is 3.55. The van der Waals surface area contributed by atoms with Crippen LogP contribution in [0.5, 0.6) is 0 Å². The van der Waals surface area contributed by atoms with Crippen LogP contribution in [-0.2, 0) is 18.3 Å². The zero-order valence-corrected chi connectivity index (χ0v) is 7.27. The predicted octanol–water partition coefficient (Wildman–Crippen LogP) is -1.45. The van der Waals surface area contributed by atoms with Gasteiger partial charge in [-0.25, -0.2) is 4.98 Å². The number of aryl methyl sites for hydroxylation is 1. The van der Waals surface area contributed by atoms with E-state index in [4.69, 9.17) is 10.8 Å². The quantitative estimate of drug-likeness (QED) is 0.602. The van der Waals surface area contributed by atoms with E-state index < -0.39 is 12.0 Å². The number of imidazole rings is 1. The van der Waals surface area contributed by atoms with Gasteiger partial charge in [0.1, 0.15) is 6.04 Å². The number of aliphatic carboxylic acids is 1. The Morgan fingerprint density at radius 3 is 2.85 bits per heavy atom. The van der Waals surface area contributed by atoms with Gasteiger partial charge in [-0.15, -0.1) is 0 Å². The predicted molar refractivity (Wildman–Crippen MR) is 46.1 cm³/mol. The number of hydrogen-bond donors (Lipinski definition) is 2. The van der Waals surface area contributed by atoms with Crippen molar-refractivity contribution in [3.05, 3.63) is 18.2 Å². The first-order chi connectivity index (χ1) is 5.59. The minimum absolute atomic E-state index is 0. The van der Waals surface area contributed by atoms with Crippen LogP contribution in [0.3, 0.4) is 0 Å². The van der Waals surface area contributed by atoms with Crippen molar-refractivity contribution in [1.82, 2.24) is 9.55 Å². The highest BCUT2D eigenvalue weighted by Crippen LogP contribution is 1.97. The van der Waals surface area contributed by atoms with Crippen LogP contribution in [0.1, 0.15) is 5.69 Å². The van der Waals surface area contributed by atoms with Crippen LogP contribution in [-0.4, -0.2) is 32.1 Å². The fraction of sp³-hybridized carbons (Fsp3) is 0.429. The van der Waals surface area contributed by atoms with E-state index in [0.717, 1.165) is 0 Å². The first kappa shape index (κ1) is 11.6. The maximum absolute atomic E-state index is 10.4. The lowest BCUT2D eigenvalue weighted by atomic mass is 10.2. The van der Waals surface area contributed by atoms with Gasteiger partial charge in [0, 0.05) is 19.7 Å². The van der Waals surface area contributed by atoms with E-state index in [0.29, 0.717) is 5.69 Å². The van der Waals surface area contributed by atoms with Crippen LogP contribution >= 0.6 is 0 Å². The second-order valence-electron chi connectivity index (χ2n) is 2.68. The summed E-state index contributed by atoms with van der Waals surface area (Å²) in [5.74, 6) is -0.999. The average Bonchev–Trinajstić information content (AvgIpc) is 2.35. The molecule has 0 aliphatic carbocycles. The standard InChI is InChI=1S/C7H11N3O2.H2O/c1-10-3-5(9-4-10)2-6(8)7(11)12;/h3-4,6H,2,8H2,1H3,(H,11,12);1H2. The van der Waals surface area contributed by atoms with Gasteiger partial charge in [-0.1, -0.05) is 0 Å². The lowest BCUT2D eigenvalue weighted by Crippen LogP contribution is -2.32. The number of nitrogens with two attached hydrogens (primary N) is 1. The molecule has 6 nitrogen and oxygen atoms in total. The summed E-state index contributed by atoms with van der Waals surface area (Å²) >= 11 is 0. The third-order valence-corrected chi connectivity index (χ3v) is 1.50. The van der Waals surface area contributed by atoms with Gasteiger partial charge in [0.05, 0.1) is 12.0 Å². The lowest BCUT2D eigenvalue weighted by Gasteiger charge is -2.01. The molecule has 1 rings (SSSR count). The molecular formula is C7H13N3O3. The third kappa shape index (κ3) is 3.22. The summed E-state index contributed by atoms with van der Waals surface area (Å²) in [5, 5.41) is 8.49. The number of carboxylic acids is 1. The molecule has 0 spiro atoms. The van der Waals surface area contributed by atoms with Crippen molar-refractivity contribution in [2.45, 2.75) is 12.5 Å². The molecule has 0 saturated carbocycles. The van der Waals surface area contributed by atoms with Gasteiger partial charge in [0.2, 0.25) is 0 Å². The van der Waals surface area contributed by atoms with Crippen LogP contribution in [0, 0.1) is 0 Å². The molecule has 1 aromatic rings. The van der Waals surface area contributed by atoms with Gasteiger partial charge in [0.25, 0.3) is 0 Å². The molecule has 0 fully saturated rings. The molecule has 1 aromatic heterocycles. The Morgan fingerprint density at radius 2 is 2.46 bits per heavy atom. The van der Waals surface area contributed by atoms with Crippen LogP contribution in [0.25, 0.3) is 0 Å². The van der Waals surface area contributed by atoms with Crippen LogP contribution in [0.2, 0.25) is 0 Å². The minimum atomic E-state index is -0.999. The highest BCUT2D eigenvalue weighted by molar-refractivity contribution is 5.73. The summed E-state index contributed by atoms with van der Waals surface area (Å²) in [5.41, 5.74) is 6.01. The fourth-order valence-electron chi connectivity index (χ4n) is 0.885. The van der Waals surface area contributed by atoms with Crippen LogP contribution < -0.4 is 5.73 Å². The highest BCUT2D eigenvalue weighted by atomic mass is 16.4. The van der Waals surface area contributed by atoms with Crippen molar-refractivity contribution in [2.24, 2.45) is 12.8 Å². The SMILES string of the molecule is Cn1cnc(CC(N)C(=O)O)c1.O. The molecule has 74 valence electrons. The maximum Gasteiger partial charge on any atom is 0.320 e. The van der Waals surface area contributed by atoms with Crippen LogP contribution in [0.15, 0.2) is 12.5 Å². The van der Waals surface area contributed by atoms with E-state index in [1.807, 2.05) is 7.05 Å². The summed E-state index contributed by atoms with van der Waals surface area (Å²) in [7, 11) is 1.82. The zero-order valence-electron chi connectivity index (χ0n) is 7.27. The van der Waals surface area contributed by atoms with Crippen molar-refractivity contribution in [3.8, 4) is 0 Å². The summed E-state index contributed by atoms with van der Waals surface area (Å²) in [6.07, 6.45) is 3.64. The Bertz CT molecular complexity index is 284. The van der Waals surface area contributed by atoms with E-state index >= 15 is 0 Å². The van der Waals surface area contributed by atoms with E-state index in [1.54, 1.807) is 17.1 Å². The lowest BCUT2D eigenvalue weighted by molar-refractivity contribution is -0.138. The number of nitrogens with zero attached hydrogens (tertiary/aromatic N) is 2.